The Morgan fingerprint density at radius 3 is 2.31 bits per heavy atom. The van der Waals surface area contributed by atoms with E-state index in [9.17, 15) is 4.39 Å². The topological polar surface area (TPSA) is 58.1 Å². The normalized spacial score (nSPS) is 12.6. The second kappa shape index (κ2) is 11.3. The second-order valence-electron chi connectivity index (χ2n) is 6.85. The van der Waals surface area contributed by atoms with Crippen LogP contribution in [0.5, 0.6) is 11.5 Å². The fourth-order valence-electron chi connectivity index (χ4n) is 3.06. The van der Waals surface area contributed by atoms with Gasteiger partial charge in [0.15, 0.2) is 17.5 Å². The zero-order chi connectivity index (χ0) is 21.2. The van der Waals surface area contributed by atoms with E-state index in [2.05, 4.69) is 20.5 Å². The predicted molar refractivity (Wildman–Crippen MR) is 115 cm³/mol. The average Bonchev–Trinajstić information content (AvgIpc) is 2.73. The molecule has 158 valence electrons. The molecule has 2 aromatic rings. The van der Waals surface area contributed by atoms with Crippen LogP contribution in [0.15, 0.2) is 47.5 Å². The number of benzene rings is 2. The summed E-state index contributed by atoms with van der Waals surface area (Å²) in [5.41, 5.74) is 2.19. The number of likely N-dealkylation sites (N-methyl/N-ethyl adjacent to an activating group) is 1. The molecule has 0 radical (unpaired) electrons. The van der Waals surface area contributed by atoms with Gasteiger partial charge in [-0.05, 0) is 55.9 Å². The fraction of sp³-hybridized carbons (Fsp3) is 0.409. The van der Waals surface area contributed by atoms with Crippen molar-refractivity contribution in [2.45, 2.75) is 12.5 Å². The maximum absolute atomic E-state index is 13.2. The quantitative estimate of drug-likeness (QED) is 0.499. The van der Waals surface area contributed by atoms with Crippen molar-refractivity contribution in [3.8, 4) is 11.5 Å². The summed E-state index contributed by atoms with van der Waals surface area (Å²) < 4.78 is 23.8. The summed E-state index contributed by atoms with van der Waals surface area (Å²) in [6, 6.07) is 12.6. The summed E-state index contributed by atoms with van der Waals surface area (Å²) in [7, 11) is 9.01. The lowest BCUT2D eigenvalue weighted by Gasteiger charge is -2.26. The first-order valence-electron chi connectivity index (χ1n) is 9.55. The maximum atomic E-state index is 13.2. The van der Waals surface area contributed by atoms with Crippen LogP contribution in [0.4, 0.5) is 4.39 Å². The van der Waals surface area contributed by atoms with Gasteiger partial charge in [-0.15, -0.1) is 0 Å². The average molecular weight is 403 g/mol. The zero-order valence-electron chi connectivity index (χ0n) is 17.8. The Kier molecular flexibility index (Phi) is 8.73. The van der Waals surface area contributed by atoms with Gasteiger partial charge in [-0.25, -0.2) is 4.39 Å². The highest BCUT2D eigenvalue weighted by Gasteiger charge is 2.14. The van der Waals surface area contributed by atoms with Gasteiger partial charge in [0.1, 0.15) is 5.82 Å². The minimum absolute atomic E-state index is 0.0972. The van der Waals surface area contributed by atoms with Crippen molar-refractivity contribution in [2.24, 2.45) is 4.99 Å². The van der Waals surface area contributed by atoms with Gasteiger partial charge in [0.05, 0.1) is 20.3 Å². The first kappa shape index (κ1) is 22.5. The molecular weight excluding hydrogens is 371 g/mol. The van der Waals surface area contributed by atoms with Crippen molar-refractivity contribution < 1.29 is 13.9 Å². The first-order chi connectivity index (χ1) is 14.0. The monoisotopic (exact) mass is 402 g/mol. The van der Waals surface area contributed by atoms with E-state index >= 15 is 0 Å². The number of rotatable bonds is 9. The number of halogens is 1. The third-order valence-corrected chi connectivity index (χ3v) is 4.72. The summed E-state index contributed by atoms with van der Waals surface area (Å²) in [6.07, 6.45) is 0.816. The number of methoxy groups -OCH3 is 2. The number of guanidine groups is 1. The van der Waals surface area contributed by atoms with Gasteiger partial charge < -0.3 is 25.0 Å². The van der Waals surface area contributed by atoms with Crippen LogP contribution in [0, 0.1) is 5.82 Å². The van der Waals surface area contributed by atoms with Crippen LogP contribution in [-0.4, -0.2) is 59.3 Å². The Morgan fingerprint density at radius 2 is 1.72 bits per heavy atom. The van der Waals surface area contributed by atoms with E-state index in [1.807, 2.05) is 44.4 Å². The standard InChI is InChI=1S/C22H31FN4O2/c1-24-22(25-13-12-16-6-11-20(28-4)21(14-16)29-5)26-15-19(27(2)3)17-7-9-18(23)10-8-17/h6-11,14,19H,12-13,15H2,1-5H3,(H2,24,25,26). The van der Waals surface area contributed by atoms with E-state index in [1.165, 1.54) is 12.1 Å². The molecule has 2 rings (SSSR count). The van der Waals surface area contributed by atoms with Gasteiger partial charge in [-0.2, -0.15) is 0 Å². The van der Waals surface area contributed by atoms with Crippen LogP contribution in [0.1, 0.15) is 17.2 Å². The number of hydrogen-bond acceptors (Lipinski definition) is 4. The Balaban J connectivity index is 1.89. The minimum atomic E-state index is -0.230. The van der Waals surface area contributed by atoms with E-state index in [4.69, 9.17) is 9.47 Å². The summed E-state index contributed by atoms with van der Waals surface area (Å²) in [4.78, 5) is 6.39. The zero-order valence-corrected chi connectivity index (χ0v) is 17.8. The van der Waals surface area contributed by atoms with E-state index < -0.39 is 0 Å². The molecule has 0 spiro atoms. The smallest absolute Gasteiger partial charge is 0.191 e. The second-order valence-corrected chi connectivity index (χ2v) is 6.85. The molecule has 0 bridgehead atoms. The lowest BCUT2D eigenvalue weighted by Crippen LogP contribution is -2.42. The molecule has 7 heteroatoms. The maximum Gasteiger partial charge on any atom is 0.191 e. The number of ether oxygens (including phenoxy) is 2. The molecule has 1 unspecified atom stereocenters. The molecule has 6 nitrogen and oxygen atoms in total. The Labute approximate surface area is 172 Å². The molecule has 0 amide bonds. The molecule has 0 saturated heterocycles. The molecule has 0 aromatic heterocycles. The van der Waals surface area contributed by atoms with Crippen molar-refractivity contribution >= 4 is 5.96 Å². The van der Waals surface area contributed by atoms with E-state index in [0.717, 1.165) is 41.6 Å². The van der Waals surface area contributed by atoms with Crippen LogP contribution >= 0.6 is 0 Å². The van der Waals surface area contributed by atoms with E-state index in [1.54, 1.807) is 21.3 Å². The molecule has 0 aliphatic heterocycles. The first-order valence-corrected chi connectivity index (χ1v) is 9.55. The highest BCUT2D eigenvalue weighted by Crippen LogP contribution is 2.27. The van der Waals surface area contributed by atoms with Gasteiger partial charge in [0.25, 0.3) is 0 Å². The number of nitrogens with one attached hydrogen (secondary N) is 2. The van der Waals surface area contributed by atoms with Gasteiger partial charge in [0, 0.05) is 20.1 Å². The van der Waals surface area contributed by atoms with Crippen molar-refractivity contribution in [1.29, 1.82) is 0 Å². The van der Waals surface area contributed by atoms with Crippen LogP contribution < -0.4 is 20.1 Å². The van der Waals surface area contributed by atoms with Gasteiger partial charge in [-0.3, -0.25) is 4.99 Å². The van der Waals surface area contributed by atoms with Crippen molar-refractivity contribution in [2.75, 3.05) is 48.5 Å². The molecule has 0 fully saturated rings. The highest BCUT2D eigenvalue weighted by molar-refractivity contribution is 5.79. The molecule has 2 N–H and O–H groups in total. The van der Waals surface area contributed by atoms with Gasteiger partial charge >= 0.3 is 0 Å². The molecule has 0 heterocycles. The molecule has 0 aliphatic rings. The highest BCUT2D eigenvalue weighted by atomic mass is 19.1. The summed E-state index contributed by atoms with van der Waals surface area (Å²) in [5.74, 6) is 1.93. The van der Waals surface area contributed by atoms with Crippen LogP contribution in [0.2, 0.25) is 0 Å². The Hall–Kier alpha value is -2.80. The molecule has 29 heavy (non-hydrogen) atoms. The Bertz CT molecular complexity index is 794. The number of aliphatic imine (C=N–C) groups is 1. The SMILES string of the molecule is CN=C(NCCc1ccc(OC)c(OC)c1)NCC(c1ccc(F)cc1)N(C)C. The summed E-state index contributed by atoms with van der Waals surface area (Å²) in [5, 5.41) is 6.68. The molecular formula is C22H31FN4O2. The van der Waals surface area contributed by atoms with Crippen LogP contribution in [0.25, 0.3) is 0 Å². The van der Waals surface area contributed by atoms with Crippen molar-refractivity contribution in [1.82, 2.24) is 15.5 Å². The van der Waals surface area contributed by atoms with Crippen molar-refractivity contribution in [3.05, 3.63) is 59.4 Å². The van der Waals surface area contributed by atoms with Gasteiger partial charge in [-0.1, -0.05) is 18.2 Å². The third-order valence-electron chi connectivity index (χ3n) is 4.72. The molecule has 2 aromatic carbocycles. The lowest BCUT2D eigenvalue weighted by molar-refractivity contribution is 0.298. The number of hydrogen-bond donors (Lipinski definition) is 2. The van der Waals surface area contributed by atoms with Gasteiger partial charge in [0.2, 0.25) is 0 Å². The van der Waals surface area contributed by atoms with Crippen molar-refractivity contribution in [3.63, 3.8) is 0 Å². The summed E-state index contributed by atoms with van der Waals surface area (Å²) >= 11 is 0. The lowest BCUT2D eigenvalue weighted by atomic mass is 10.1. The van der Waals surface area contributed by atoms with Crippen LogP contribution in [0.3, 0.4) is 0 Å². The largest absolute Gasteiger partial charge is 0.493 e. The predicted octanol–water partition coefficient (Wildman–Crippen LogP) is 2.85. The molecule has 1 atom stereocenters. The third kappa shape index (κ3) is 6.64. The minimum Gasteiger partial charge on any atom is -0.493 e. The van der Waals surface area contributed by atoms with E-state index in [-0.39, 0.29) is 11.9 Å². The van der Waals surface area contributed by atoms with E-state index in [0.29, 0.717) is 6.54 Å². The Morgan fingerprint density at radius 1 is 1.03 bits per heavy atom. The number of nitrogens with zero attached hydrogens (tertiary/aromatic N) is 2. The fourth-order valence-corrected chi connectivity index (χ4v) is 3.06. The summed E-state index contributed by atoms with van der Waals surface area (Å²) in [6.45, 7) is 1.37. The van der Waals surface area contributed by atoms with Crippen LogP contribution in [-0.2, 0) is 6.42 Å². The molecule has 0 aliphatic carbocycles. The molecule has 0 saturated carbocycles.